The fraction of sp³-hybridized carbons (Fsp3) is 0.130. The first-order valence-electron chi connectivity index (χ1n) is 9.11. The summed E-state index contributed by atoms with van der Waals surface area (Å²) in [5.41, 5.74) is 3.47. The van der Waals surface area contributed by atoms with Gasteiger partial charge in [-0.25, -0.2) is 4.98 Å². The van der Waals surface area contributed by atoms with Gasteiger partial charge in [-0.1, -0.05) is 65.3 Å². The minimum Gasteiger partial charge on any atom is -0.495 e. The maximum Gasteiger partial charge on any atom is 0.266 e. The Labute approximate surface area is 178 Å². The van der Waals surface area contributed by atoms with Crippen molar-refractivity contribution in [2.45, 2.75) is 17.8 Å². The fourth-order valence-corrected chi connectivity index (χ4v) is 4.22. The van der Waals surface area contributed by atoms with Crippen molar-refractivity contribution in [2.75, 3.05) is 7.11 Å². The van der Waals surface area contributed by atoms with E-state index in [9.17, 15) is 4.79 Å². The van der Waals surface area contributed by atoms with Crippen molar-refractivity contribution in [3.8, 4) is 11.4 Å². The van der Waals surface area contributed by atoms with Crippen LogP contribution in [0.3, 0.4) is 0 Å². The van der Waals surface area contributed by atoms with Crippen molar-refractivity contribution in [3.63, 3.8) is 0 Å². The minimum absolute atomic E-state index is 0.150. The van der Waals surface area contributed by atoms with Gasteiger partial charge in [0, 0.05) is 10.8 Å². The van der Waals surface area contributed by atoms with Gasteiger partial charge in [-0.3, -0.25) is 9.36 Å². The topological polar surface area (TPSA) is 44.1 Å². The summed E-state index contributed by atoms with van der Waals surface area (Å²) >= 11 is 7.65. The second-order valence-corrected chi connectivity index (χ2v) is 8.02. The number of para-hydroxylation sites is 2. The molecular weight excluding hydrogens is 404 g/mol. The molecule has 0 saturated carbocycles. The third kappa shape index (κ3) is 4.02. The van der Waals surface area contributed by atoms with Crippen molar-refractivity contribution < 1.29 is 4.74 Å². The van der Waals surface area contributed by atoms with E-state index in [1.165, 1.54) is 17.3 Å². The summed E-state index contributed by atoms with van der Waals surface area (Å²) in [5.74, 6) is 1.30. The van der Waals surface area contributed by atoms with Crippen LogP contribution >= 0.6 is 23.4 Å². The predicted octanol–water partition coefficient (Wildman–Crippen LogP) is 5.65. The van der Waals surface area contributed by atoms with Crippen molar-refractivity contribution in [1.82, 2.24) is 9.55 Å². The smallest absolute Gasteiger partial charge is 0.266 e. The molecule has 0 aliphatic rings. The number of aromatic nitrogens is 2. The summed E-state index contributed by atoms with van der Waals surface area (Å²) in [6, 6.07) is 20.9. The number of benzene rings is 3. The Morgan fingerprint density at radius 3 is 2.59 bits per heavy atom. The molecule has 29 heavy (non-hydrogen) atoms. The number of methoxy groups -OCH3 is 1. The molecule has 1 heterocycles. The standard InChI is InChI=1S/C23H19ClN2O2S/c1-15-7-9-16(10-8-15)14-29-23-25-19-13-17(24)11-12-18(19)22(27)26(23)20-5-3-4-6-21(20)28-2/h3-13H,14H2,1-2H3. The maximum absolute atomic E-state index is 13.4. The Hall–Kier alpha value is -2.76. The first-order valence-corrected chi connectivity index (χ1v) is 10.5. The van der Waals surface area contributed by atoms with Gasteiger partial charge in [-0.15, -0.1) is 0 Å². The van der Waals surface area contributed by atoms with Crippen LogP contribution in [-0.2, 0) is 5.75 Å². The number of hydrogen-bond acceptors (Lipinski definition) is 4. The molecule has 0 N–H and O–H groups in total. The van der Waals surface area contributed by atoms with Crippen molar-refractivity contribution >= 4 is 34.3 Å². The molecule has 4 nitrogen and oxygen atoms in total. The molecular formula is C23H19ClN2O2S. The lowest BCUT2D eigenvalue weighted by Crippen LogP contribution is -2.22. The van der Waals surface area contributed by atoms with E-state index in [0.717, 1.165) is 5.56 Å². The second kappa shape index (κ2) is 8.31. The van der Waals surface area contributed by atoms with Crippen LogP contribution < -0.4 is 10.3 Å². The first kappa shape index (κ1) is 19.6. The van der Waals surface area contributed by atoms with Crippen molar-refractivity contribution in [1.29, 1.82) is 0 Å². The molecule has 6 heteroatoms. The van der Waals surface area contributed by atoms with Gasteiger partial charge in [-0.2, -0.15) is 0 Å². The van der Waals surface area contributed by atoms with Gasteiger partial charge in [0.2, 0.25) is 0 Å². The summed E-state index contributed by atoms with van der Waals surface area (Å²) < 4.78 is 7.12. The van der Waals surface area contributed by atoms with E-state index in [1.54, 1.807) is 29.9 Å². The molecule has 4 rings (SSSR count). The number of ether oxygens (including phenoxy) is 1. The maximum atomic E-state index is 13.4. The predicted molar refractivity (Wildman–Crippen MR) is 120 cm³/mol. The molecule has 0 aliphatic carbocycles. The molecule has 0 radical (unpaired) electrons. The van der Waals surface area contributed by atoms with E-state index in [0.29, 0.717) is 38.3 Å². The lowest BCUT2D eigenvalue weighted by molar-refractivity contribution is 0.411. The first-order chi connectivity index (χ1) is 14.1. The van der Waals surface area contributed by atoms with E-state index in [2.05, 4.69) is 31.2 Å². The molecule has 1 aromatic heterocycles. The largest absolute Gasteiger partial charge is 0.495 e. The number of nitrogens with zero attached hydrogens (tertiary/aromatic N) is 2. The highest BCUT2D eigenvalue weighted by molar-refractivity contribution is 7.98. The molecule has 0 spiro atoms. The Bertz CT molecular complexity index is 1240. The molecule has 146 valence electrons. The zero-order valence-corrected chi connectivity index (χ0v) is 17.6. The number of aryl methyl sites for hydroxylation is 1. The zero-order chi connectivity index (χ0) is 20.4. The molecule has 4 aromatic rings. The van der Waals surface area contributed by atoms with Gasteiger partial charge in [0.25, 0.3) is 5.56 Å². The number of hydrogen-bond donors (Lipinski definition) is 0. The van der Waals surface area contributed by atoms with Crippen LogP contribution in [0.1, 0.15) is 11.1 Å². The highest BCUT2D eigenvalue weighted by atomic mass is 35.5. The van der Waals surface area contributed by atoms with Crippen LogP contribution in [-0.4, -0.2) is 16.7 Å². The Balaban J connectivity index is 1.88. The molecule has 0 saturated heterocycles. The molecule has 0 atom stereocenters. The SMILES string of the molecule is COc1ccccc1-n1c(SCc2ccc(C)cc2)nc2cc(Cl)ccc2c1=O. The fourth-order valence-electron chi connectivity index (χ4n) is 3.09. The van der Waals surface area contributed by atoms with E-state index >= 15 is 0 Å². The monoisotopic (exact) mass is 422 g/mol. The number of fused-ring (bicyclic) bond motifs is 1. The van der Waals surface area contributed by atoms with Crippen molar-refractivity contribution in [2.24, 2.45) is 0 Å². The van der Waals surface area contributed by atoms with Gasteiger partial charge in [0.15, 0.2) is 5.16 Å². The molecule has 0 aliphatic heterocycles. The third-order valence-corrected chi connectivity index (χ3v) is 5.86. The van der Waals surface area contributed by atoms with Gasteiger partial charge in [0.05, 0.1) is 23.7 Å². The lowest BCUT2D eigenvalue weighted by Gasteiger charge is -2.16. The van der Waals surface area contributed by atoms with Gasteiger partial charge < -0.3 is 4.74 Å². The van der Waals surface area contributed by atoms with Crippen LogP contribution in [0.5, 0.6) is 5.75 Å². The van der Waals surface area contributed by atoms with Crippen molar-refractivity contribution in [3.05, 3.63) is 93.2 Å². The summed E-state index contributed by atoms with van der Waals surface area (Å²) in [6.07, 6.45) is 0. The van der Waals surface area contributed by atoms with E-state index < -0.39 is 0 Å². The zero-order valence-electron chi connectivity index (χ0n) is 16.1. The summed E-state index contributed by atoms with van der Waals surface area (Å²) in [4.78, 5) is 18.2. The molecule has 3 aromatic carbocycles. The third-order valence-electron chi connectivity index (χ3n) is 4.62. The van der Waals surface area contributed by atoms with Crippen LogP contribution in [0.25, 0.3) is 16.6 Å². The van der Waals surface area contributed by atoms with Crippen LogP contribution in [0.2, 0.25) is 5.02 Å². The van der Waals surface area contributed by atoms with E-state index in [-0.39, 0.29) is 5.56 Å². The molecule has 0 unspecified atom stereocenters. The summed E-state index contributed by atoms with van der Waals surface area (Å²) in [5, 5.41) is 1.66. The van der Waals surface area contributed by atoms with E-state index in [1.807, 2.05) is 24.3 Å². The molecule has 0 amide bonds. The van der Waals surface area contributed by atoms with Crippen LogP contribution in [0.15, 0.2) is 76.7 Å². The summed E-state index contributed by atoms with van der Waals surface area (Å²) in [6.45, 7) is 2.06. The number of thioether (sulfide) groups is 1. The highest BCUT2D eigenvalue weighted by Gasteiger charge is 2.16. The highest BCUT2D eigenvalue weighted by Crippen LogP contribution is 2.29. The molecule has 0 bridgehead atoms. The van der Waals surface area contributed by atoms with Gasteiger partial charge >= 0.3 is 0 Å². The van der Waals surface area contributed by atoms with Crippen LogP contribution in [0.4, 0.5) is 0 Å². The Morgan fingerprint density at radius 2 is 1.83 bits per heavy atom. The Morgan fingerprint density at radius 1 is 1.07 bits per heavy atom. The van der Waals surface area contributed by atoms with Gasteiger partial charge in [0.1, 0.15) is 5.75 Å². The van der Waals surface area contributed by atoms with E-state index in [4.69, 9.17) is 21.3 Å². The molecule has 0 fully saturated rings. The Kier molecular flexibility index (Phi) is 5.60. The minimum atomic E-state index is -0.150. The normalized spacial score (nSPS) is 11.0. The second-order valence-electron chi connectivity index (χ2n) is 6.64. The summed E-state index contributed by atoms with van der Waals surface area (Å²) in [7, 11) is 1.59. The quantitative estimate of drug-likeness (QED) is 0.308. The lowest BCUT2D eigenvalue weighted by atomic mass is 10.2. The number of halogens is 1. The van der Waals surface area contributed by atoms with Crippen LogP contribution in [0, 0.1) is 6.92 Å². The number of rotatable bonds is 5. The average molecular weight is 423 g/mol. The average Bonchev–Trinajstić information content (AvgIpc) is 2.73. The van der Waals surface area contributed by atoms with Gasteiger partial charge in [-0.05, 0) is 42.8 Å².